The first-order valence-corrected chi connectivity index (χ1v) is 12.8. The number of rotatable bonds is 8. The van der Waals surface area contributed by atoms with Crippen LogP contribution in [0, 0.1) is 6.92 Å². The smallest absolute Gasteiger partial charge is 0.338 e. The zero-order valence-electron chi connectivity index (χ0n) is 18.2. The van der Waals surface area contributed by atoms with Gasteiger partial charge in [0, 0.05) is 21.3 Å². The lowest BCUT2D eigenvalue weighted by atomic mass is 10.00. The average molecular weight is 489 g/mol. The number of allylic oxidation sites excluding steroid dienone is 1. The number of unbranched alkanes of at least 4 members (excludes halogenated alkanes) is 1. The van der Waals surface area contributed by atoms with Crippen molar-refractivity contribution in [3.8, 4) is 0 Å². The zero-order chi connectivity index (χ0) is 22.7. The van der Waals surface area contributed by atoms with Gasteiger partial charge in [-0.25, -0.2) is 9.48 Å². The molecule has 6 nitrogen and oxygen atoms in total. The minimum absolute atomic E-state index is 0.312. The van der Waals surface area contributed by atoms with Crippen LogP contribution in [-0.2, 0) is 15.3 Å². The highest BCUT2D eigenvalue weighted by molar-refractivity contribution is 7.98. The molecule has 0 aliphatic carbocycles. The molecule has 168 valence electrons. The van der Waals surface area contributed by atoms with Crippen LogP contribution in [0.3, 0.4) is 0 Å². The number of thiophene rings is 1. The van der Waals surface area contributed by atoms with Crippen molar-refractivity contribution in [2.45, 2.75) is 50.6 Å². The van der Waals surface area contributed by atoms with E-state index in [0.717, 1.165) is 39.6 Å². The summed E-state index contributed by atoms with van der Waals surface area (Å²) in [6, 6.07) is 9.44. The molecular formula is C23H25ClN4O2S2. The molecule has 4 rings (SSSR count). The number of hydrogen-bond acceptors (Lipinski definition) is 7. The predicted molar refractivity (Wildman–Crippen MR) is 130 cm³/mol. The monoisotopic (exact) mass is 488 g/mol. The second-order valence-electron chi connectivity index (χ2n) is 7.57. The van der Waals surface area contributed by atoms with Crippen LogP contribution in [0.4, 0.5) is 5.95 Å². The summed E-state index contributed by atoms with van der Waals surface area (Å²) < 4.78 is 7.39. The van der Waals surface area contributed by atoms with Gasteiger partial charge in [-0.1, -0.05) is 54.9 Å². The standard InChI is InChI=1S/C23H25ClN4O2S2/c1-4-5-11-30-21(29)18-15(3)25-22-26-23(32-13-16-8-6-7-9-17(16)24)27-28(22)19(18)20-14(2)10-12-31-20/h6-10,12,19H,4-5,11,13H2,1-3H3,(H,25,26,27). The Morgan fingerprint density at radius 2 is 2.12 bits per heavy atom. The van der Waals surface area contributed by atoms with Gasteiger partial charge >= 0.3 is 5.97 Å². The van der Waals surface area contributed by atoms with E-state index in [0.29, 0.717) is 29.0 Å². The number of carbonyl (C=O) groups is 1. The first-order valence-electron chi connectivity index (χ1n) is 10.5. The van der Waals surface area contributed by atoms with Gasteiger partial charge in [-0.2, -0.15) is 4.98 Å². The zero-order valence-corrected chi connectivity index (χ0v) is 20.6. The maximum atomic E-state index is 13.1. The molecule has 32 heavy (non-hydrogen) atoms. The van der Waals surface area contributed by atoms with Gasteiger partial charge in [0.15, 0.2) is 0 Å². The van der Waals surface area contributed by atoms with E-state index in [4.69, 9.17) is 21.4 Å². The fraction of sp³-hybridized carbons (Fsp3) is 0.348. The third kappa shape index (κ3) is 4.72. The number of nitrogens with zero attached hydrogens (tertiary/aromatic N) is 3. The number of carbonyl (C=O) groups excluding carboxylic acids is 1. The predicted octanol–water partition coefficient (Wildman–Crippen LogP) is 6.23. The summed E-state index contributed by atoms with van der Waals surface area (Å²) in [7, 11) is 0. The van der Waals surface area contributed by atoms with Crippen LogP contribution in [0.1, 0.15) is 48.7 Å². The fourth-order valence-corrected chi connectivity index (χ4v) is 5.64. The molecule has 0 radical (unpaired) electrons. The molecule has 1 atom stereocenters. The van der Waals surface area contributed by atoms with Gasteiger partial charge in [0.25, 0.3) is 0 Å². The van der Waals surface area contributed by atoms with Crippen LogP contribution in [0.25, 0.3) is 0 Å². The van der Waals surface area contributed by atoms with Crippen LogP contribution in [0.15, 0.2) is 52.1 Å². The van der Waals surface area contributed by atoms with Crippen LogP contribution in [-0.4, -0.2) is 27.3 Å². The molecule has 1 aliphatic heterocycles. The maximum absolute atomic E-state index is 13.1. The molecule has 1 aromatic carbocycles. The summed E-state index contributed by atoms with van der Waals surface area (Å²) in [6.07, 6.45) is 1.81. The Bertz CT molecular complexity index is 1150. The summed E-state index contributed by atoms with van der Waals surface area (Å²) in [5.41, 5.74) is 3.46. The first-order chi connectivity index (χ1) is 15.5. The Labute approximate surface area is 201 Å². The molecule has 0 spiro atoms. The van der Waals surface area contributed by atoms with Crippen molar-refractivity contribution in [2.75, 3.05) is 11.9 Å². The topological polar surface area (TPSA) is 69.0 Å². The Kier molecular flexibility index (Phi) is 7.23. The molecule has 1 N–H and O–H groups in total. The molecule has 1 unspecified atom stereocenters. The van der Waals surface area contributed by atoms with Gasteiger partial charge in [-0.15, -0.1) is 16.4 Å². The van der Waals surface area contributed by atoms with E-state index < -0.39 is 0 Å². The van der Waals surface area contributed by atoms with Crippen molar-refractivity contribution in [3.63, 3.8) is 0 Å². The number of aryl methyl sites for hydroxylation is 1. The van der Waals surface area contributed by atoms with Crippen LogP contribution >= 0.6 is 34.7 Å². The Morgan fingerprint density at radius 1 is 1.31 bits per heavy atom. The molecule has 3 heterocycles. The normalized spacial score (nSPS) is 15.4. The summed E-state index contributed by atoms with van der Waals surface area (Å²) in [5.74, 6) is 0.962. The van der Waals surface area contributed by atoms with E-state index in [1.165, 1.54) is 11.8 Å². The number of anilines is 1. The maximum Gasteiger partial charge on any atom is 0.338 e. The highest BCUT2D eigenvalue weighted by Crippen LogP contribution is 2.40. The molecule has 0 saturated carbocycles. The number of hydrogen-bond donors (Lipinski definition) is 1. The number of benzene rings is 1. The second kappa shape index (κ2) is 10.1. The minimum Gasteiger partial charge on any atom is -0.462 e. The second-order valence-corrected chi connectivity index (χ2v) is 9.86. The average Bonchev–Trinajstić information content (AvgIpc) is 3.37. The number of ether oxygens (including phenoxy) is 1. The van der Waals surface area contributed by atoms with Crippen LogP contribution < -0.4 is 5.32 Å². The lowest BCUT2D eigenvalue weighted by Gasteiger charge is -2.27. The first kappa shape index (κ1) is 22.9. The van der Waals surface area contributed by atoms with Crippen molar-refractivity contribution in [2.24, 2.45) is 0 Å². The lowest BCUT2D eigenvalue weighted by molar-refractivity contribution is -0.139. The number of halogens is 1. The van der Waals surface area contributed by atoms with E-state index in [-0.39, 0.29) is 12.0 Å². The largest absolute Gasteiger partial charge is 0.462 e. The van der Waals surface area contributed by atoms with E-state index in [9.17, 15) is 4.79 Å². The Balaban J connectivity index is 1.65. The van der Waals surface area contributed by atoms with Crippen LogP contribution in [0.5, 0.6) is 0 Å². The molecule has 2 aromatic heterocycles. The summed E-state index contributed by atoms with van der Waals surface area (Å²) in [5, 5.41) is 11.4. The lowest BCUT2D eigenvalue weighted by Crippen LogP contribution is -2.29. The summed E-state index contributed by atoms with van der Waals surface area (Å²) >= 11 is 9.42. The molecule has 1 aliphatic rings. The number of thioether (sulfide) groups is 1. The quantitative estimate of drug-likeness (QED) is 0.230. The highest BCUT2D eigenvalue weighted by atomic mass is 35.5. The molecule has 0 fully saturated rings. The van der Waals surface area contributed by atoms with Crippen molar-refractivity contribution >= 4 is 46.6 Å². The van der Waals surface area contributed by atoms with E-state index in [2.05, 4.69) is 23.3 Å². The number of aromatic nitrogens is 3. The number of nitrogens with one attached hydrogen (secondary N) is 1. The van der Waals surface area contributed by atoms with Crippen molar-refractivity contribution < 1.29 is 9.53 Å². The van der Waals surface area contributed by atoms with Crippen LogP contribution in [0.2, 0.25) is 5.02 Å². The Morgan fingerprint density at radius 3 is 2.84 bits per heavy atom. The fourth-order valence-electron chi connectivity index (χ4n) is 3.51. The van der Waals surface area contributed by atoms with Gasteiger partial charge in [0.2, 0.25) is 11.1 Å². The highest BCUT2D eigenvalue weighted by Gasteiger charge is 2.36. The molecule has 0 saturated heterocycles. The van der Waals surface area contributed by atoms with Crippen molar-refractivity contribution in [3.05, 3.63) is 68.0 Å². The van der Waals surface area contributed by atoms with Crippen molar-refractivity contribution in [1.82, 2.24) is 14.8 Å². The van der Waals surface area contributed by atoms with Gasteiger partial charge < -0.3 is 10.1 Å². The molecule has 9 heteroatoms. The SMILES string of the molecule is CCCCOC(=O)C1=C(C)Nc2nc(SCc3ccccc3Cl)nn2C1c1sccc1C. The summed E-state index contributed by atoms with van der Waals surface area (Å²) in [6.45, 7) is 6.42. The minimum atomic E-state index is -0.373. The van der Waals surface area contributed by atoms with E-state index in [1.54, 1.807) is 16.0 Å². The Hall–Kier alpha value is -2.29. The third-order valence-corrected chi connectivity index (χ3v) is 7.58. The third-order valence-electron chi connectivity index (χ3n) is 5.25. The van der Waals surface area contributed by atoms with E-state index >= 15 is 0 Å². The number of esters is 1. The van der Waals surface area contributed by atoms with Crippen molar-refractivity contribution in [1.29, 1.82) is 0 Å². The molecule has 0 bridgehead atoms. The van der Waals surface area contributed by atoms with Gasteiger partial charge in [-0.3, -0.25) is 0 Å². The summed E-state index contributed by atoms with van der Waals surface area (Å²) in [4.78, 5) is 18.8. The van der Waals surface area contributed by atoms with Gasteiger partial charge in [0.1, 0.15) is 6.04 Å². The molecule has 0 amide bonds. The van der Waals surface area contributed by atoms with Gasteiger partial charge in [0.05, 0.1) is 12.2 Å². The van der Waals surface area contributed by atoms with Gasteiger partial charge in [-0.05, 0) is 48.9 Å². The number of fused-ring (bicyclic) bond motifs is 1. The molecular weight excluding hydrogens is 464 g/mol. The van der Waals surface area contributed by atoms with E-state index in [1.807, 2.05) is 43.5 Å². The molecule has 3 aromatic rings.